The van der Waals surface area contributed by atoms with Gasteiger partial charge in [0.2, 0.25) is 0 Å². The van der Waals surface area contributed by atoms with Crippen molar-refractivity contribution in [3.8, 4) is 12.8 Å². The van der Waals surface area contributed by atoms with Crippen molar-refractivity contribution in [3.05, 3.63) is 66.2 Å². The molecule has 4 nitrogen and oxygen atoms in total. The fourth-order valence-corrected chi connectivity index (χ4v) is 1.60. The number of rotatable bonds is 3. The molecule has 0 bridgehead atoms. The Kier molecular flexibility index (Phi) is 18.2. The molecule has 0 saturated heterocycles. The number of benzene rings is 2. The zero-order valence-corrected chi connectivity index (χ0v) is 16.1. The van der Waals surface area contributed by atoms with Crippen molar-refractivity contribution in [1.29, 1.82) is 0 Å². The molecule has 1 aliphatic carbocycles. The average molecular weight is 357 g/mol. The maximum Gasteiger partial charge on any atom is 0.250 e. The van der Waals surface area contributed by atoms with Crippen LogP contribution >= 0.6 is 0 Å². The fraction of sp³-hybridized carbons (Fsp3) is 0.318. The van der Waals surface area contributed by atoms with Gasteiger partial charge in [0.25, 0.3) is 5.91 Å². The van der Waals surface area contributed by atoms with Crippen LogP contribution in [-0.2, 0) is 0 Å². The molecule has 1 fully saturated rings. The average Bonchev–Trinajstić information content (AvgIpc) is 3.58. The first-order chi connectivity index (χ1) is 12.7. The smallest absolute Gasteiger partial charge is 0.250 e. The summed E-state index contributed by atoms with van der Waals surface area (Å²) in [5, 5.41) is 11.1. The van der Waals surface area contributed by atoms with Crippen molar-refractivity contribution in [2.45, 2.75) is 26.7 Å². The SMILES string of the molecule is C#C.CC.CNc1ccccc1C(N)=O.OCC1CC1.c1ccccc1. The molecule has 4 heteroatoms. The van der Waals surface area contributed by atoms with Gasteiger partial charge in [0.1, 0.15) is 0 Å². The number of terminal acetylenes is 1. The van der Waals surface area contributed by atoms with E-state index in [9.17, 15) is 4.79 Å². The summed E-state index contributed by atoms with van der Waals surface area (Å²) in [5.41, 5.74) is 6.40. The van der Waals surface area contributed by atoms with E-state index in [-0.39, 0.29) is 0 Å². The van der Waals surface area contributed by atoms with Crippen molar-refractivity contribution in [1.82, 2.24) is 0 Å². The first kappa shape index (κ1) is 25.5. The molecule has 1 saturated carbocycles. The van der Waals surface area contributed by atoms with Gasteiger partial charge < -0.3 is 16.2 Å². The lowest BCUT2D eigenvalue weighted by Crippen LogP contribution is -2.12. The summed E-state index contributed by atoms with van der Waals surface area (Å²) in [4.78, 5) is 10.8. The number of nitrogens with two attached hydrogens (primary N) is 1. The minimum Gasteiger partial charge on any atom is -0.396 e. The molecule has 1 amide bonds. The Balaban J connectivity index is 0. The Labute approximate surface area is 158 Å². The van der Waals surface area contributed by atoms with Crippen molar-refractivity contribution in [3.63, 3.8) is 0 Å². The largest absolute Gasteiger partial charge is 0.396 e. The van der Waals surface area contributed by atoms with E-state index in [2.05, 4.69) is 18.2 Å². The van der Waals surface area contributed by atoms with Gasteiger partial charge in [-0.2, -0.15) is 0 Å². The number of carbonyl (C=O) groups is 1. The third-order valence-corrected chi connectivity index (χ3v) is 3.08. The molecule has 2 aromatic rings. The number of primary amides is 1. The lowest BCUT2D eigenvalue weighted by molar-refractivity contribution is 0.100. The summed E-state index contributed by atoms with van der Waals surface area (Å²) in [6.45, 7) is 4.42. The normalized spacial score (nSPS) is 10.5. The van der Waals surface area contributed by atoms with Gasteiger partial charge in [-0.25, -0.2) is 0 Å². The summed E-state index contributed by atoms with van der Waals surface area (Å²) >= 11 is 0. The van der Waals surface area contributed by atoms with Crippen molar-refractivity contribution < 1.29 is 9.90 Å². The van der Waals surface area contributed by atoms with Crippen LogP contribution in [0, 0.1) is 18.8 Å². The minimum atomic E-state index is -0.407. The Morgan fingerprint density at radius 2 is 1.46 bits per heavy atom. The molecule has 0 heterocycles. The number of hydrogen-bond donors (Lipinski definition) is 3. The first-order valence-electron chi connectivity index (χ1n) is 8.69. The Morgan fingerprint density at radius 3 is 1.69 bits per heavy atom. The molecule has 3 rings (SSSR count). The number of aliphatic hydroxyl groups excluding tert-OH is 1. The van der Waals surface area contributed by atoms with E-state index in [1.807, 2.05) is 56.3 Å². The minimum absolute atomic E-state index is 0.407. The zero-order valence-electron chi connectivity index (χ0n) is 16.1. The molecular weight excluding hydrogens is 324 g/mol. The van der Waals surface area contributed by atoms with Gasteiger partial charge in [-0.15, -0.1) is 12.8 Å². The van der Waals surface area contributed by atoms with Crippen LogP contribution in [0.1, 0.15) is 37.0 Å². The number of nitrogens with one attached hydrogen (secondary N) is 1. The van der Waals surface area contributed by atoms with Crippen LogP contribution in [0.3, 0.4) is 0 Å². The highest BCUT2D eigenvalue weighted by atomic mass is 16.3. The summed E-state index contributed by atoms with van der Waals surface area (Å²) in [6, 6.07) is 19.1. The highest BCUT2D eigenvalue weighted by Gasteiger charge is 2.18. The summed E-state index contributed by atoms with van der Waals surface area (Å²) in [5.74, 6) is 0.282. The van der Waals surface area contributed by atoms with Crippen molar-refractivity contribution >= 4 is 11.6 Å². The van der Waals surface area contributed by atoms with Crippen LogP contribution in [0.2, 0.25) is 0 Å². The Morgan fingerprint density at radius 1 is 1.04 bits per heavy atom. The first-order valence-corrected chi connectivity index (χ1v) is 8.69. The number of amides is 1. The molecule has 142 valence electrons. The Hall–Kier alpha value is -2.77. The zero-order chi connectivity index (χ0) is 20.2. The molecule has 0 spiro atoms. The quantitative estimate of drug-likeness (QED) is 0.722. The molecule has 0 radical (unpaired) electrons. The molecule has 0 aliphatic heterocycles. The highest BCUT2D eigenvalue weighted by Crippen LogP contribution is 2.27. The Bertz CT molecular complexity index is 552. The molecule has 26 heavy (non-hydrogen) atoms. The van der Waals surface area contributed by atoms with Gasteiger partial charge in [0.15, 0.2) is 0 Å². The molecule has 0 atom stereocenters. The van der Waals surface area contributed by atoms with Crippen LogP contribution in [0.4, 0.5) is 5.69 Å². The fourth-order valence-electron chi connectivity index (χ4n) is 1.60. The lowest BCUT2D eigenvalue weighted by atomic mass is 10.2. The van der Waals surface area contributed by atoms with Crippen LogP contribution in [-0.4, -0.2) is 24.7 Å². The predicted octanol–water partition coefficient (Wildman–Crippen LogP) is 4.18. The van der Waals surface area contributed by atoms with Gasteiger partial charge in [0, 0.05) is 19.3 Å². The van der Waals surface area contributed by atoms with Gasteiger partial charge in [-0.3, -0.25) is 4.79 Å². The standard InChI is InChI=1S/C8H10N2O.C6H6.C4H8O.C2H6.C2H2/c1-10-7-5-3-2-4-6(7)8(9)11;1-2-4-6-5-3-1;5-3-4-1-2-4;2*1-2/h2-5,10H,1H3,(H2,9,11);1-6H;4-5H,1-3H2;1-2H3;1-2H. The third kappa shape index (κ3) is 13.6. The second kappa shape index (κ2) is 18.6. The van der Waals surface area contributed by atoms with E-state index < -0.39 is 5.91 Å². The summed E-state index contributed by atoms with van der Waals surface area (Å²) in [6.07, 6.45) is 10.5. The van der Waals surface area contributed by atoms with Crippen molar-refractivity contribution in [2.24, 2.45) is 11.7 Å². The van der Waals surface area contributed by atoms with E-state index >= 15 is 0 Å². The molecular formula is C22H32N2O2. The van der Waals surface area contributed by atoms with Crippen LogP contribution in [0.25, 0.3) is 0 Å². The molecule has 0 unspecified atom stereocenters. The number of hydrogen-bond acceptors (Lipinski definition) is 3. The van der Waals surface area contributed by atoms with E-state index in [0.29, 0.717) is 18.1 Å². The van der Waals surface area contributed by atoms with Gasteiger partial charge in [0.05, 0.1) is 5.56 Å². The number of anilines is 1. The maximum absolute atomic E-state index is 10.8. The van der Waals surface area contributed by atoms with E-state index in [0.717, 1.165) is 5.69 Å². The predicted molar refractivity (Wildman–Crippen MR) is 112 cm³/mol. The summed E-state index contributed by atoms with van der Waals surface area (Å²) in [7, 11) is 1.75. The molecule has 4 N–H and O–H groups in total. The molecule has 0 aromatic heterocycles. The van der Waals surface area contributed by atoms with Gasteiger partial charge >= 0.3 is 0 Å². The molecule has 2 aromatic carbocycles. The number of para-hydroxylation sites is 1. The van der Waals surface area contributed by atoms with Crippen molar-refractivity contribution in [2.75, 3.05) is 19.0 Å². The number of carbonyl (C=O) groups excluding carboxylic acids is 1. The maximum atomic E-state index is 10.8. The molecule has 1 aliphatic rings. The van der Waals surface area contributed by atoms with Crippen LogP contribution < -0.4 is 11.1 Å². The van der Waals surface area contributed by atoms with E-state index in [1.54, 1.807) is 25.2 Å². The topological polar surface area (TPSA) is 75.3 Å². The monoisotopic (exact) mass is 356 g/mol. The van der Waals surface area contributed by atoms with Crippen LogP contribution in [0.15, 0.2) is 60.7 Å². The second-order valence-corrected chi connectivity index (χ2v) is 4.94. The third-order valence-electron chi connectivity index (χ3n) is 3.08. The van der Waals surface area contributed by atoms with Gasteiger partial charge in [-0.05, 0) is 30.9 Å². The van der Waals surface area contributed by atoms with Crippen LogP contribution in [0.5, 0.6) is 0 Å². The van der Waals surface area contributed by atoms with E-state index in [1.165, 1.54) is 12.8 Å². The van der Waals surface area contributed by atoms with E-state index in [4.69, 9.17) is 10.8 Å². The highest BCUT2D eigenvalue weighted by molar-refractivity contribution is 5.98. The lowest BCUT2D eigenvalue weighted by Gasteiger charge is -2.03. The summed E-state index contributed by atoms with van der Waals surface area (Å²) < 4.78 is 0. The van der Waals surface area contributed by atoms with Gasteiger partial charge in [-0.1, -0.05) is 62.4 Å². The number of aliphatic hydroxyl groups is 1. The second-order valence-electron chi connectivity index (χ2n) is 4.94.